The Balaban J connectivity index is 1.87. The number of nitrogens with one attached hydrogen (secondary N) is 1. The second kappa shape index (κ2) is 6.11. The maximum Gasteiger partial charge on any atom is 0.322 e. The largest absolute Gasteiger partial charge is 0.345 e. The van der Waals surface area contributed by atoms with E-state index in [-0.39, 0.29) is 12.1 Å². The first-order chi connectivity index (χ1) is 11.0. The van der Waals surface area contributed by atoms with Crippen LogP contribution in [0.2, 0.25) is 0 Å². The van der Waals surface area contributed by atoms with Crippen LogP contribution in [-0.4, -0.2) is 22.0 Å². The van der Waals surface area contributed by atoms with E-state index in [0.29, 0.717) is 5.92 Å². The van der Waals surface area contributed by atoms with Crippen molar-refractivity contribution in [3.05, 3.63) is 53.3 Å². The maximum absolute atomic E-state index is 12.9. The molecule has 122 valence electrons. The van der Waals surface area contributed by atoms with Crippen molar-refractivity contribution in [3.8, 4) is 0 Å². The van der Waals surface area contributed by atoms with Crippen molar-refractivity contribution in [1.82, 2.24) is 9.47 Å². The van der Waals surface area contributed by atoms with Crippen LogP contribution in [0.1, 0.15) is 36.8 Å². The SMILES string of the molecule is Cc1ccccc1NC(=O)N1CCn2c(C)ccc2C1C(C)C. The van der Waals surface area contributed by atoms with Gasteiger partial charge in [0.25, 0.3) is 0 Å². The van der Waals surface area contributed by atoms with Crippen molar-refractivity contribution in [3.63, 3.8) is 0 Å². The first kappa shape index (κ1) is 15.7. The van der Waals surface area contributed by atoms with Crippen LogP contribution in [0.25, 0.3) is 0 Å². The molecule has 4 heteroatoms. The van der Waals surface area contributed by atoms with Gasteiger partial charge in [0.2, 0.25) is 0 Å². The highest BCUT2D eigenvalue weighted by atomic mass is 16.2. The summed E-state index contributed by atoms with van der Waals surface area (Å²) in [4.78, 5) is 14.8. The van der Waals surface area contributed by atoms with Crippen molar-refractivity contribution in [1.29, 1.82) is 0 Å². The zero-order chi connectivity index (χ0) is 16.6. The summed E-state index contributed by atoms with van der Waals surface area (Å²) in [6.07, 6.45) is 0. The average molecular weight is 311 g/mol. The standard InChI is InChI=1S/C19H25N3O/c1-13(2)18-17-10-9-15(4)21(17)11-12-22(18)19(23)20-16-8-6-5-7-14(16)3/h5-10,13,18H,11-12H2,1-4H3,(H,20,23). The number of para-hydroxylation sites is 1. The average Bonchev–Trinajstić information content (AvgIpc) is 2.90. The van der Waals surface area contributed by atoms with Crippen LogP contribution in [-0.2, 0) is 6.54 Å². The number of carbonyl (C=O) groups excluding carboxylic acids is 1. The number of fused-ring (bicyclic) bond motifs is 1. The van der Waals surface area contributed by atoms with E-state index >= 15 is 0 Å². The minimum absolute atomic E-state index is 0.0110. The number of nitrogens with zero attached hydrogens (tertiary/aromatic N) is 2. The van der Waals surface area contributed by atoms with Gasteiger partial charge < -0.3 is 14.8 Å². The molecule has 0 aliphatic carbocycles. The van der Waals surface area contributed by atoms with Crippen LogP contribution in [0.5, 0.6) is 0 Å². The van der Waals surface area contributed by atoms with Crippen molar-refractivity contribution in [2.45, 2.75) is 40.3 Å². The number of rotatable bonds is 2. The molecule has 2 heterocycles. The van der Waals surface area contributed by atoms with Gasteiger partial charge in [0.05, 0.1) is 6.04 Å². The lowest BCUT2D eigenvalue weighted by atomic mass is 9.97. The molecule has 0 saturated carbocycles. The minimum atomic E-state index is -0.0110. The normalized spacial score (nSPS) is 17.3. The van der Waals surface area contributed by atoms with Gasteiger partial charge in [-0.25, -0.2) is 4.79 Å². The highest BCUT2D eigenvalue weighted by molar-refractivity contribution is 5.90. The molecular weight excluding hydrogens is 286 g/mol. The van der Waals surface area contributed by atoms with Gasteiger partial charge in [0.1, 0.15) is 0 Å². The van der Waals surface area contributed by atoms with Crippen LogP contribution in [0.3, 0.4) is 0 Å². The number of aromatic nitrogens is 1. The second-order valence-corrected chi connectivity index (χ2v) is 6.68. The third-order valence-corrected chi connectivity index (χ3v) is 4.72. The number of carbonyl (C=O) groups is 1. The smallest absolute Gasteiger partial charge is 0.322 e. The summed E-state index contributed by atoms with van der Waals surface area (Å²) < 4.78 is 2.34. The summed E-state index contributed by atoms with van der Waals surface area (Å²) in [6, 6.07) is 12.3. The number of benzene rings is 1. The third-order valence-electron chi connectivity index (χ3n) is 4.72. The zero-order valence-electron chi connectivity index (χ0n) is 14.3. The lowest BCUT2D eigenvalue weighted by Crippen LogP contribution is -2.46. The van der Waals surface area contributed by atoms with Gasteiger partial charge >= 0.3 is 6.03 Å². The molecule has 0 saturated heterocycles. The summed E-state index contributed by atoms with van der Waals surface area (Å²) in [5, 5.41) is 3.08. The fourth-order valence-electron chi connectivity index (χ4n) is 3.49. The summed E-state index contributed by atoms with van der Waals surface area (Å²) in [5.74, 6) is 0.367. The molecule has 0 spiro atoms. The molecule has 1 aliphatic heterocycles. The Morgan fingerprint density at radius 1 is 1.13 bits per heavy atom. The molecule has 1 unspecified atom stereocenters. The van der Waals surface area contributed by atoms with Gasteiger partial charge in [0.15, 0.2) is 0 Å². The molecule has 0 fully saturated rings. The quantitative estimate of drug-likeness (QED) is 0.879. The zero-order valence-corrected chi connectivity index (χ0v) is 14.3. The van der Waals surface area contributed by atoms with E-state index in [1.54, 1.807) is 0 Å². The summed E-state index contributed by atoms with van der Waals surface area (Å²) >= 11 is 0. The van der Waals surface area contributed by atoms with Gasteiger partial charge in [-0.2, -0.15) is 0 Å². The minimum Gasteiger partial charge on any atom is -0.345 e. The number of hydrogen-bond acceptors (Lipinski definition) is 1. The number of hydrogen-bond donors (Lipinski definition) is 1. The van der Waals surface area contributed by atoms with Gasteiger partial charge in [-0.15, -0.1) is 0 Å². The van der Waals surface area contributed by atoms with Crippen LogP contribution >= 0.6 is 0 Å². The first-order valence-corrected chi connectivity index (χ1v) is 8.28. The molecule has 1 aromatic heterocycles. The predicted octanol–water partition coefficient (Wildman–Crippen LogP) is 4.35. The van der Waals surface area contributed by atoms with E-state index in [4.69, 9.17) is 0 Å². The fraction of sp³-hybridized carbons (Fsp3) is 0.421. The predicted molar refractivity (Wildman–Crippen MR) is 93.7 cm³/mol. The molecule has 3 rings (SSSR count). The maximum atomic E-state index is 12.9. The molecule has 1 aromatic carbocycles. The van der Waals surface area contributed by atoms with E-state index in [1.165, 1.54) is 11.4 Å². The number of aryl methyl sites for hydroxylation is 2. The Kier molecular flexibility index (Phi) is 4.16. The molecule has 23 heavy (non-hydrogen) atoms. The number of anilines is 1. The Morgan fingerprint density at radius 2 is 1.87 bits per heavy atom. The molecule has 1 N–H and O–H groups in total. The van der Waals surface area contributed by atoms with Crippen molar-refractivity contribution in [2.24, 2.45) is 5.92 Å². The van der Waals surface area contributed by atoms with E-state index < -0.39 is 0 Å². The second-order valence-electron chi connectivity index (χ2n) is 6.68. The van der Waals surface area contributed by atoms with Gasteiger partial charge in [-0.05, 0) is 43.5 Å². The summed E-state index contributed by atoms with van der Waals surface area (Å²) in [5.41, 5.74) is 4.48. The van der Waals surface area contributed by atoms with Gasteiger partial charge in [-0.1, -0.05) is 32.0 Å². The van der Waals surface area contributed by atoms with E-state index in [9.17, 15) is 4.79 Å². The molecule has 2 aromatic rings. The highest BCUT2D eigenvalue weighted by Crippen LogP contribution is 2.34. The summed E-state index contributed by atoms with van der Waals surface area (Å²) in [7, 11) is 0. The Labute approximate surface area is 138 Å². The number of urea groups is 1. The first-order valence-electron chi connectivity index (χ1n) is 8.28. The molecule has 0 bridgehead atoms. The molecule has 4 nitrogen and oxygen atoms in total. The van der Waals surface area contributed by atoms with Crippen LogP contribution in [0.4, 0.5) is 10.5 Å². The van der Waals surface area contributed by atoms with Crippen molar-refractivity contribution >= 4 is 11.7 Å². The Morgan fingerprint density at radius 3 is 2.57 bits per heavy atom. The molecule has 0 radical (unpaired) electrons. The molecule has 1 atom stereocenters. The van der Waals surface area contributed by atoms with Crippen LogP contribution in [0, 0.1) is 19.8 Å². The van der Waals surface area contributed by atoms with E-state index in [0.717, 1.165) is 24.3 Å². The monoisotopic (exact) mass is 311 g/mol. The van der Waals surface area contributed by atoms with Gasteiger partial charge in [-0.3, -0.25) is 0 Å². The topological polar surface area (TPSA) is 37.3 Å². The van der Waals surface area contributed by atoms with Crippen molar-refractivity contribution < 1.29 is 4.79 Å². The van der Waals surface area contributed by atoms with Crippen LogP contribution in [0.15, 0.2) is 36.4 Å². The lowest BCUT2D eigenvalue weighted by molar-refractivity contribution is 0.143. The highest BCUT2D eigenvalue weighted by Gasteiger charge is 2.33. The van der Waals surface area contributed by atoms with E-state index in [1.807, 2.05) is 36.1 Å². The van der Waals surface area contributed by atoms with Gasteiger partial charge in [0, 0.05) is 30.2 Å². The lowest BCUT2D eigenvalue weighted by Gasteiger charge is -2.39. The van der Waals surface area contributed by atoms with Crippen LogP contribution < -0.4 is 5.32 Å². The Bertz CT molecular complexity index is 717. The molecule has 2 amide bonds. The van der Waals surface area contributed by atoms with E-state index in [2.05, 4.69) is 42.8 Å². The van der Waals surface area contributed by atoms with Crippen molar-refractivity contribution in [2.75, 3.05) is 11.9 Å². The molecule has 1 aliphatic rings. The molecular formula is C19H25N3O. The third kappa shape index (κ3) is 2.85. The summed E-state index contributed by atoms with van der Waals surface area (Å²) in [6.45, 7) is 10.1. The fourth-order valence-corrected chi connectivity index (χ4v) is 3.49. The Hall–Kier alpha value is -2.23. The number of amides is 2.